The summed E-state index contributed by atoms with van der Waals surface area (Å²) in [6.07, 6.45) is 7.20. The molecule has 1 aliphatic carbocycles. The van der Waals surface area contributed by atoms with Crippen molar-refractivity contribution in [1.82, 2.24) is 10.3 Å². The molecule has 0 unspecified atom stereocenters. The monoisotopic (exact) mass is 378 g/mol. The largest absolute Gasteiger partial charge is 0.374 e. The standard InChI is InChI=1S/C24H34N4/c1-17-13-21(14-23(18(17)2)27(4)16-19-5-6-19)20-7-8-24(26-15-20)28-11-9-22(25-3)10-12-28/h7-8,13-15,19,22,25H,5-6,9-12,16H2,1-4H3. The molecule has 4 rings (SSSR count). The van der Waals surface area contributed by atoms with Crippen molar-refractivity contribution in [2.75, 3.05) is 43.5 Å². The van der Waals surface area contributed by atoms with Crippen molar-refractivity contribution in [3.63, 3.8) is 0 Å². The topological polar surface area (TPSA) is 31.4 Å². The SMILES string of the molecule is CNC1CCN(c2ccc(-c3cc(C)c(C)c(N(C)CC4CC4)c3)cn2)CC1. The first-order chi connectivity index (χ1) is 13.5. The number of pyridine rings is 1. The minimum Gasteiger partial charge on any atom is -0.374 e. The summed E-state index contributed by atoms with van der Waals surface area (Å²) in [6.45, 7) is 7.80. The van der Waals surface area contributed by atoms with E-state index in [0.29, 0.717) is 6.04 Å². The van der Waals surface area contributed by atoms with E-state index in [1.54, 1.807) is 0 Å². The summed E-state index contributed by atoms with van der Waals surface area (Å²) in [5, 5.41) is 3.40. The molecule has 28 heavy (non-hydrogen) atoms. The van der Waals surface area contributed by atoms with Crippen LogP contribution in [0, 0.1) is 19.8 Å². The molecule has 1 N–H and O–H groups in total. The lowest BCUT2D eigenvalue weighted by Gasteiger charge is -2.32. The van der Waals surface area contributed by atoms with Crippen LogP contribution in [0.2, 0.25) is 0 Å². The Kier molecular flexibility index (Phi) is 5.58. The van der Waals surface area contributed by atoms with E-state index in [9.17, 15) is 0 Å². The highest BCUT2D eigenvalue weighted by Crippen LogP contribution is 2.34. The highest BCUT2D eigenvalue weighted by atomic mass is 15.2. The second-order valence-electron chi connectivity index (χ2n) is 8.72. The Morgan fingerprint density at radius 3 is 2.43 bits per heavy atom. The molecule has 1 saturated carbocycles. The molecule has 1 aliphatic heterocycles. The van der Waals surface area contributed by atoms with E-state index >= 15 is 0 Å². The number of nitrogens with one attached hydrogen (secondary N) is 1. The van der Waals surface area contributed by atoms with Gasteiger partial charge in [0.25, 0.3) is 0 Å². The minimum atomic E-state index is 0.650. The lowest BCUT2D eigenvalue weighted by atomic mass is 9.99. The molecule has 0 bridgehead atoms. The zero-order valence-electron chi connectivity index (χ0n) is 17.8. The number of nitrogens with zero attached hydrogens (tertiary/aromatic N) is 3. The fraction of sp³-hybridized carbons (Fsp3) is 0.542. The lowest BCUT2D eigenvalue weighted by Crippen LogP contribution is -2.41. The number of anilines is 2. The summed E-state index contributed by atoms with van der Waals surface area (Å²) in [4.78, 5) is 9.66. The van der Waals surface area contributed by atoms with Gasteiger partial charge in [0.15, 0.2) is 0 Å². The molecule has 2 fully saturated rings. The van der Waals surface area contributed by atoms with Gasteiger partial charge >= 0.3 is 0 Å². The number of aryl methyl sites for hydroxylation is 1. The van der Waals surface area contributed by atoms with Gasteiger partial charge in [0.1, 0.15) is 5.82 Å². The van der Waals surface area contributed by atoms with Crippen molar-refractivity contribution >= 4 is 11.5 Å². The molecule has 2 aliphatic rings. The molecule has 4 heteroatoms. The summed E-state index contributed by atoms with van der Waals surface area (Å²) in [7, 11) is 4.30. The number of hydrogen-bond donors (Lipinski definition) is 1. The van der Waals surface area contributed by atoms with Gasteiger partial charge in [-0.05, 0) is 87.4 Å². The first-order valence-electron chi connectivity index (χ1n) is 10.8. The quantitative estimate of drug-likeness (QED) is 0.807. The normalized spacial score (nSPS) is 17.8. The molecule has 0 radical (unpaired) electrons. The van der Waals surface area contributed by atoms with Crippen LogP contribution < -0.4 is 15.1 Å². The smallest absolute Gasteiger partial charge is 0.128 e. The van der Waals surface area contributed by atoms with E-state index in [-0.39, 0.29) is 0 Å². The molecule has 0 atom stereocenters. The second kappa shape index (κ2) is 8.12. The molecule has 4 nitrogen and oxygen atoms in total. The summed E-state index contributed by atoms with van der Waals surface area (Å²) >= 11 is 0. The Bertz CT molecular complexity index is 802. The third-order valence-electron chi connectivity index (χ3n) is 6.59. The molecule has 1 saturated heterocycles. The minimum absolute atomic E-state index is 0.650. The summed E-state index contributed by atoms with van der Waals surface area (Å²) in [6, 6.07) is 9.73. The van der Waals surface area contributed by atoms with Crippen molar-refractivity contribution in [3.05, 3.63) is 41.6 Å². The van der Waals surface area contributed by atoms with Crippen molar-refractivity contribution in [2.24, 2.45) is 5.92 Å². The maximum absolute atomic E-state index is 4.81. The predicted octanol–water partition coefficient (Wildman–Crippen LogP) is 4.40. The Balaban J connectivity index is 1.53. The van der Waals surface area contributed by atoms with Crippen LogP contribution in [-0.2, 0) is 0 Å². The van der Waals surface area contributed by atoms with E-state index < -0.39 is 0 Å². The van der Waals surface area contributed by atoms with Gasteiger partial charge in [-0.15, -0.1) is 0 Å². The first-order valence-corrected chi connectivity index (χ1v) is 10.8. The van der Waals surface area contributed by atoms with Gasteiger partial charge in [-0.25, -0.2) is 4.98 Å². The van der Waals surface area contributed by atoms with Crippen molar-refractivity contribution in [3.8, 4) is 11.1 Å². The average molecular weight is 379 g/mol. The molecule has 2 heterocycles. The highest BCUT2D eigenvalue weighted by Gasteiger charge is 2.24. The maximum Gasteiger partial charge on any atom is 0.128 e. The van der Waals surface area contributed by atoms with Gasteiger partial charge in [-0.1, -0.05) is 6.07 Å². The van der Waals surface area contributed by atoms with Gasteiger partial charge in [0, 0.05) is 50.2 Å². The Morgan fingerprint density at radius 2 is 1.82 bits per heavy atom. The third kappa shape index (κ3) is 4.17. The summed E-state index contributed by atoms with van der Waals surface area (Å²) in [5.74, 6) is 1.99. The summed E-state index contributed by atoms with van der Waals surface area (Å²) in [5.41, 5.74) is 6.59. The van der Waals surface area contributed by atoms with Crippen LogP contribution in [0.15, 0.2) is 30.5 Å². The van der Waals surface area contributed by atoms with Crippen LogP contribution in [0.25, 0.3) is 11.1 Å². The van der Waals surface area contributed by atoms with Crippen LogP contribution in [0.5, 0.6) is 0 Å². The fourth-order valence-corrected chi connectivity index (χ4v) is 4.33. The van der Waals surface area contributed by atoms with Gasteiger partial charge in [-0.3, -0.25) is 0 Å². The van der Waals surface area contributed by atoms with Gasteiger partial charge in [0.05, 0.1) is 0 Å². The Labute approximate surface area is 170 Å². The number of hydrogen-bond acceptors (Lipinski definition) is 4. The van der Waals surface area contributed by atoms with Crippen LogP contribution >= 0.6 is 0 Å². The van der Waals surface area contributed by atoms with Crippen molar-refractivity contribution in [2.45, 2.75) is 45.6 Å². The zero-order chi connectivity index (χ0) is 19.7. The number of benzene rings is 1. The molecule has 2 aromatic rings. The number of rotatable bonds is 6. The molecular weight excluding hydrogens is 344 g/mol. The van der Waals surface area contributed by atoms with E-state index in [4.69, 9.17) is 4.98 Å². The van der Waals surface area contributed by atoms with Crippen LogP contribution in [0.4, 0.5) is 11.5 Å². The molecule has 0 spiro atoms. The maximum atomic E-state index is 4.81. The third-order valence-corrected chi connectivity index (χ3v) is 6.59. The van der Waals surface area contributed by atoms with Crippen molar-refractivity contribution < 1.29 is 0 Å². The van der Waals surface area contributed by atoms with Gasteiger partial charge in [0.2, 0.25) is 0 Å². The lowest BCUT2D eigenvalue weighted by molar-refractivity contribution is 0.441. The Morgan fingerprint density at radius 1 is 1.07 bits per heavy atom. The molecular formula is C24H34N4. The van der Waals surface area contributed by atoms with Crippen LogP contribution in [-0.4, -0.2) is 44.8 Å². The molecule has 1 aromatic carbocycles. The molecule has 150 valence electrons. The predicted molar refractivity (Wildman–Crippen MR) is 119 cm³/mol. The van der Waals surface area contributed by atoms with Gasteiger partial charge in [-0.2, -0.15) is 0 Å². The van der Waals surface area contributed by atoms with E-state index in [1.165, 1.54) is 60.2 Å². The first kappa shape index (κ1) is 19.3. The summed E-state index contributed by atoms with van der Waals surface area (Å²) < 4.78 is 0. The average Bonchev–Trinajstić information content (AvgIpc) is 3.54. The van der Waals surface area contributed by atoms with Crippen LogP contribution in [0.3, 0.4) is 0 Å². The van der Waals surface area contributed by atoms with Gasteiger partial charge < -0.3 is 15.1 Å². The second-order valence-corrected chi connectivity index (χ2v) is 8.72. The molecule has 1 aromatic heterocycles. The van der Waals surface area contributed by atoms with E-state index in [2.05, 4.69) is 67.3 Å². The van der Waals surface area contributed by atoms with E-state index in [1.807, 2.05) is 6.20 Å². The Hall–Kier alpha value is -2.07. The van der Waals surface area contributed by atoms with Crippen molar-refractivity contribution in [1.29, 1.82) is 0 Å². The number of piperidine rings is 1. The molecule has 0 amide bonds. The fourth-order valence-electron chi connectivity index (χ4n) is 4.33. The zero-order valence-corrected chi connectivity index (χ0v) is 17.8. The number of aromatic nitrogens is 1. The van der Waals surface area contributed by atoms with Crippen LogP contribution in [0.1, 0.15) is 36.8 Å². The van der Waals surface area contributed by atoms with E-state index in [0.717, 1.165) is 24.8 Å². The highest BCUT2D eigenvalue weighted by molar-refractivity contribution is 5.72.